The number of rotatable bonds is 4. The van der Waals surface area contributed by atoms with Crippen molar-refractivity contribution in [3.8, 4) is 16.9 Å². The van der Waals surface area contributed by atoms with E-state index in [-0.39, 0.29) is 28.2 Å². The van der Waals surface area contributed by atoms with Gasteiger partial charge in [-0.25, -0.2) is 9.07 Å². The maximum Gasteiger partial charge on any atom is 0.274 e. The van der Waals surface area contributed by atoms with E-state index < -0.39 is 17.8 Å². The van der Waals surface area contributed by atoms with E-state index in [2.05, 4.69) is 36.5 Å². The Labute approximate surface area is 235 Å². The third kappa shape index (κ3) is 5.37. The van der Waals surface area contributed by atoms with E-state index in [1.165, 1.54) is 16.8 Å². The smallest absolute Gasteiger partial charge is 0.274 e. The highest BCUT2D eigenvalue weighted by atomic mass is 35.5. The molecule has 1 unspecified atom stereocenters. The zero-order chi connectivity index (χ0) is 28.4. The molecule has 2 aromatic carbocycles. The second kappa shape index (κ2) is 11.4. The van der Waals surface area contributed by atoms with E-state index >= 15 is 0 Å². The first-order valence-electron chi connectivity index (χ1n) is 12.9. The lowest BCUT2D eigenvalue weighted by Gasteiger charge is -2.22. The minimum absolute atomic E-state index is 0.0562. The van der Waals surface area contributed by atoms with Gasteiger partial charge in [0, 0.05) is 24.2 Å². The molecule has 2 amide bonds. The molecule has 2 atom stereocenters. The molecule has 3 N–H and O–H groups in total. The summed E-state index contributed by atoms with van der Waals surface area (Å²) in [6, 6.07) is 11.6. The van der Waals surface area contributed by atoms with E-state index in [4.69, 9.17) is 11.6 Å². The molecule has 1 aliphatic heterocycles. The molecular formula is C28H28ClFN8O2. The fraction of sp³-hybridized carbons (Fsp3) is 0.286. The largest absolute Gasteiger partial charge is 0.388 e. The summed E-state index contributed by atoms with van der Waals surface area (Å²) in [5, 5.41) is 25.7. The minimum atomic E-state index is -0.654. The van der Waals surface area contributed by atoms with Gasteiger partial charge in [0.25, 0.3) is 5.91 Å². The van der Waals surface area contributed by atoms with Crippen molar-refractivity contribution in [2.24, 2.45) is 5.92 Å². The molecular weight excluding hydrogens is 535 g/mol. The van der Waals surface area contributed by atoms with Crippen molar-refractivity contribution in [1.82, 2.24) is 30.5 Å². The molecule has 12 heteroatoms. The van der Waals surface area contributed by atoms with Crippen molar-refractivity contribution in [3.63, 3.8) is 0 Å². The molecule has 4 aromatic rings. The number of anilines is 2. The van der Waals surface area contributed by atoms with Crippen LogP contribution >= 0.6 is 11.6 Å². The number of hydrogen-bond acceptors (Lipinski definition) is 7. The summed E-state index contributed by atoms with van der Waals surface area (Å²) in [4.78, 5) is 26.4. The predicted octanol–water partition coefficient (Wildman–Crippen LogP) is 5.10. The maximum absolute atomic E-state index is 14.6. The number of aromatic nitrogens is 5. The first-order valence-corrected chi connectivity index (χ1v) is 13.3. The average molecular weight is 563 g/mol. The van der Waals surface area contributed by atoms with Crippen LogP contribution in [0.25, 0.3) is 16.9 Å². The number of benzene rings is 2. The Morgan fingerprint density at radius 3 is 2.80 bits per heavy atom. The van der Waals surface area contributed by atoms with Crippen LogP contribution in [-0.4, -0.2) is 44.1 Å². The van der Waals surface area contributed by atoms with Gasteiger partial charge in [0.05, 0.1) is 34.3 Å². The Morgan fingerprint density at radius 2 is 2.00 bits per heavy atom. The van der Waals surface area contributed by atoms with Crippen LogP contribution in [0.1, 0.15) is 54.0 Å². The average Bonchev–Trinajstić information content (AvgIpc) is 3.34. The molecule has 5 rings (SSSR count). The number of halogens is 2. The molecule has 206 valence electrons. The number of amides is 2. The second-order valence-electron chi connectivity index (χ2n) is 9.74. The molecule has 0 saturated carbocycles. The van der Waals surface area contributed by atoms with Crippen LogP contribution in [0.3, 0.4) is 0 Å². The predicted molar refractivity (Wildman–Crippen MR) is 150 cm³/mol. The van der Waals surface area contributed by atoms with Crippen LogP contribution in [0.4, 0.5) is 15.8 Å². The topological polar surface area (TPSA) is 127 Å². The van der Waals surface area contributed by atoms with Crippen molar-refractivity contribution in [1.29, 1.82) is 0 Å². The Hall–Kier alpha value is -4.38. The summed E-state index contributed by atoms with van der Waals surface area (Å²) in [6.07, 6.45) is 3.46. The van der Waals surface area contributed by atoms with Crippen LogP contribution in [0.5, 0.6) is 0 Å². The first kappa shape index (κ1) is 27.2. The summed E-state index contributed by atoms with van der Waals surface area (Å²) in [5.74, 6) is -1.47. The van der Waals surface area contributed by atoms with E-state index in [0.717, 1.165) is 11.3 Å². The van der Waals surface area contributed by atoms with Crippen LogP contribution in [-0.2, 0) is 4.79 Å². The van der Waals surface area contributed by atoms with Crippen LogP contribution < -0.4 is 16.0 Å². The second-order valence-corrected chi connectivity index (χ2v) is 10.1. The van der Waals surface area contributed by atoms with Crippen LogP contribution in [0.15, 0.2) is 48.7 Å². The molecule has 0 radical (unpaired) electrons. The number of fused-ring (bicyclic) bond motifs is 4. The summed E-state index contributed by atoms with van der Waals surface area (Å²) in [5.41, 5.74) is 4.00. The number of nitrogens with zero attached hydrogens (tertiary/aromatic N) is 5. The lowest BCUT2D eigenvalue weighted by molar-refractivity contribution is -0.119. The molecule has 1 aliphatic rings. The Bertz CT molecular complexity index is 1590. The van der Waals surface area contributed by atoms with Gasteiger partial charge in [0.1, 0.15) is 5.69 Å². The van der Waals surface area contributed by atoms with E-state index in [9.17, 15) is 14.0 Å². The molecule has 3 heterocycles. The van der Waals surface area contributed by atoms with Gasteiger partial charge in [0.2, 0.25) is 5.91 Å². The standard InChI is InChI=1S/C28H28ClFN8O2/c1-15-6-4-8-21(33-28(40)26-16(2)38(37-36-26)24-9-5-7-20(29)25(24)30)17-12-23(35-32-14-17)19-11-10-18(31-3)13-22(19)34-27(15)39/h5,7,9-15,21,31H,4,6,8H2,1-3H3,(H,33,40)(H,34,39)/t15?,21-/m1/s1. The van der Waals surface area contributed by atoms with E-state index in [1.54, 1.807) is 26.2 Å². The third-order valence-electron chi connectivity index (χ3n) is 7.07. The van der Waals surface area contributed by atoms with Gasteiger partial charge in [-0.2, -0.15) is 10.2 Å². The SMILES string of the molecule is CNc1ccc2c(c1)NC(=O)C(C)CCC[C@@H](NC(=O)c1nnn(-c3cccc(Cl)c3F)c1C)c1cnnc-2c1. The van der Waals surface area contributed by atoms with Gasteiger partial charge in [-0.3, -0.25) is 9.59 Å². The Morgan fingerprint density at radius 1 is 1.18 bits per heavy atom. The summed E-state index contributed by atoms with van der Waals surface area (Å²) in [7, 11) is 1.81. The number of nitrogens with one attached hydrogen (secondary N) is 3. The zero-order valence-electron chi connectivity index (χ0n) is 22.2. The monoisotopic (exact) mass is 562 g/mol. The van der Waals surface area contributed by atoms with Crippen molar-refractivity contribution < 1.29 is 14.0 Å². The highest BCUT2D eigenvalue weighted by molar-refractivity contribution is 6.30. The molecule has 0 saturated heterocycles. The van der Waals surface area contributed by atoms with E-state index in [1.807, 2.05) is 31.2 Å². The lowest BCUT2D eigenvalue weighted by atomic mass is 9.95. The normalized spacial score (nSPS) is 17.2. The molecule has 2 bridgehead atoms. The first-order chi connectivity index (χ1) is 19.3. The van der Waals surface area contributed by atoms with Crippen molar-refractivity contribution in [2.75, 3.05) is 17.7 Å². The van der Waals surface area contributed by atoms with Gasteiger partial charge in [-0.1, -0.05) is 36.2 Å². The Balaban J connectivity index is 1.49. The van der Waals surface area contributed by atoms with Gasteiger partial charge in [0.15, 0.2) is 11.5 Å². The van der Waals surface area contributed by atoms with Gasteiger partial charge >= 0.3 is 0 Å². The van der Waals surface area contributed by atoms with Crippen molar-refractivity contribution in [3.05, 3.63) is 76.5 Å². The van der Waals surface area contributed by atoms with Gasteiger partial charge in [-0.05, 0) is 61.7 Å². The summed E-state index contributed by atoms with van der Waals surface area (Å²) in [6.45, 7) is 3.52. The van der Waals surface area contributed by atoms with Crippen molar-refractivity contribution in [2.45, 2.75) is 39.2 Å². The molecule has 0 spiro atoms. The number of hydrogen-bond donors (Lipinski definition) is 3. The quantitative estimate of drug-likeness (QED) is 0.316. The minimum Gasteiger partial charge on any atom is -0.388 e. The molecule has 10 nitrogen and oxygen atoms in total. The fourth-order valence-electron chi connectivity index (χ4n) is 4.72. The van der Waals surface area contributed by atoms with E-state index in [0.29, 0.717) is 41.9 Å². The summed E-state index contributed by atoms with van der Waals surface area (Å²) >= 11 is 5.93. The molecule has 0 fully saturated rings. The third-order valence-corrected chi connectivity index (χ3v) is 7.36. The van der Waals surface area contributed by atoms with Crippen molar-refractivity contribution >= 4 is 34.8 Å². The Kier molecular flexibility index (Phi) is 7.74. The van der Waals surface area contributed by atoms with Crippen LogP contribution in [0, 0.1) is 18.7 Å². The molecule has 2 aromatic heterocycles. The van der Waals surface area contributed by atoms with Gasteiger partial charge < -0.3 is 16.0 Å². The fourth-order valence-corrected chi connectivity index (χ4v) is 4.89. The van der Waals surface area contributed by atoms with Crippen LogP contribution in [0.2, 0.25) is 5.02 Å². The zero-order valence-corrected chi connectivity index (χ0v) is 23.0. The molecule has 0 aliphatic carbocycles. The molecule has 40 heavy (non-hydrogen) atoms. The maximum atomic E-state index is 14.6. The van der Waals surface area contributed by atoms with Gasteiger partial charge in [-0.15, -0.1) is 5.10 Å². The lowest BCUT2D eigenvalue weighted by Crippen LogP contribution is -2.30. The number of carbonyl (C=O) groups is 2. The summed E-state index contributed by atoms with van der Waals surface area (Å²) < 4.78 is 15.9. The highest BCUT2D eigenvalue weighted by Crippen LogP contribution is 2.33. The number of carbonyl (C=O) groups excluding carboxylic acids is 2. The highest BCUT2D eigenvalue weighted by Gasteiger charge is 2.25.